The fraction of sp³-hybridized carbons (Fsp3) is 0. The second kappa shape index (κ2) is 4.94. The zero-order valence-electron chi connectivity index (χ0n) is 10.5. The Labute approximate surface area is 111 Å². The smallest absolute Gasteiger partial charge is 0.0534 e. The van der Waals surface area contributed by atoms with Crippen molar-refractivity contribution in [3.8, 4) is 0 Å². The molecular weight excluding hydrogens is 232 g/mol. The largest absolute Gasteiger partial charge is 0.316 e. The summed E-state index contributed by atoms with van der Waals surface area (Å²) in [6.07, 6.45) is 8.81. The van der Waals surface area contributed by atoms with Gasteiger partial charge in [0.05, 0.1) is 11.0 Å². The molecule has 19 heavy (non-hydrogen) atoms. The molecule has 0 aliphatic heterocycles. The molecule has 0 spiro atoms. The van der Waals surface area contributed by atoms with Crippen LogP contribution in [0, 0.1) is 5.41 Å². The van der Waals surface area contributed by atoms with Crippen LogP contribution in [0.15, 0.2) is 66.8 Å². The average Bonchev–Trinajstić information content (AvgIpc) is 2.78. The Kier molecular flexibility index (Phi) is 2.99. The molecule has 2 aromatic carbocycles. The van der Waals surface area contributed by atoms with Crippen LogP contribution in [0.25, 0.3) is 28.0 Å². The summed E-state index contributed by atoms with van der Waals surface area (Å²) in [5.74, 6) is 0. The van der Waals surface area contributed by atoms with Crippen LogP contribution >= 0.6 is 0 Å². The summed E-state index contributed by atoms with van der Waals surface area (Å²) >= 11 is 0. The molecule has 0 amide bonds. The second-order valence-corrected chi connectivity index (χ2v) is 4.30. The third kappa shape index (κ3) is 1.97. The molecule has 0 saturated heterocycles. The van der Waals surface area contributed by atoms with Crippen LogP contribution in [0.5, 0.6) is 0 Å². The van der Waals surface area contributed by atoms with Gasteiger partial charge in [0.15, 0.2) is 0 Å². The van der Waals surface area contributed by atoms with Gasteiger partial charge in [-0.2, -0.15) is 0 Å². The summed E-state index contributed by atoms with van der Waals surface area (Å²) < 4.78 is 2.18. The molecule has 1 aromatic heterocycles. The predicted molar refractivity (Wildman–Crippen MR) is 82.7 cm³/mol. The molecule has 0 saturated carbocycles. The van der Waals surface area contributed by atoms with E-state index in [4.69, 9.17) is 5.41 Å². The maximum absolute atomic E-state index is 6.97. The van der Waals surface area contributed by atoms with Gasteiger partial charge in [0.1, 0.15) is 0 Å². The van der Waals surface area contributed by atoms with Gasteiger partial charge in [-0.3, -0.25) is 0 Å². The number of fused-ring (bicyclic) bond motifs is 3. The van der Waals surface area contributed by atoms with Crippen LogP contribution in [0.2, 0.25) is 0 Å². The molecule has 0 bridgehead atoms. The van der Waals surface area contributed by atoms with Crippen molar-refractivity contribution in [1.82, 2.24) is 4.57 Å². The summed E-state index contributed by atoms with van der Waals surface area (Å²) in [4.78, 5) is 0. The fourth-order valence-corrected chi connectivity index (χ4v) is 2.37. The van der Waals surface area contributed by atoms with E-state index in [0.717, 1.165) is 0 Å². The van der Waals surface area contributed by atoms with Gasteiger partial charge < -0.3 is 9.98 Å². The number of nitrogens with zero attached hydrogens (tertiary/aromatic N) is 1. The van der Waals surface area contributed by atoms with Crippen molar-refractivity contribution in [2.24, 2.45) is 0 Å². The van der Waals surface area contributed by atoms with Crippen LogP contribution in [-0.4, -0.2) is 10.8 Å². The maximum Gasteiger partial charge on any atom is 0.0534 e. The first-order chi connectivity index (χ1) is 9.42. The van der Waals surface area contributed by atoms with Crippen molar-refractivity contribution < 1.29 is 0 Å². The molecule has 2 heteroatoms. The second-order valence-electron chi connectivity index (χ2n) is 4.30. The highest BCUT2D eigenvalue weighted by Gasteiger charge is 2.06. The minimum absolute atomic E-state index is 1.20. The molecule has 0 unspecified atom stereocenters. The number of hydrogen-bond acceptors (Lipinski definition) is 1. The SMILES string of the molecule is N=C/C=C\C=C\n1c2ccccc2c2ccccc21. The molecule has 0 atom stereocenters. The lowest BCUT2D eigenvalue weighted by atomic mass is 10.2. The standard InChI is InChI=1S/C17H14N2/c18-12-6-1-7-13-19-16-10-4-2-8-14(16)15-9-3-5-11-17(15)19/h1-13,18H/b6-1-,13-7+,18-12?. The first-order valence-electron chi connectivity index (χ1n) is 6.23. The molecule has 0 radical (unpaired) electrons. The van der Waals surface area contributed by atoms with Crippen LogP contribution in [0.4, 0.5) is 0 Å². The molecule has 0 aliphatic carbocycles. The van der Waals surface area contributed by atoms with Gasteiger partial charge in [-0.05, 0) is 24.3 Å². The molecule has 1 N–H and O–H groups in total. The van der Waals surface area contributed by atoms with Crippen LogP contribution < -0.4 is 0 Å². The number of para-hydroxylation sites is 2. The van der Waals surface area contributed by atoms with Crippen molar-refractivity contribution in [3.05, 3.63) is 66.8 Å². The Morgan fingerprint density at radius 2 is 1.32 bits per heavy atom. The van der Waals surface area contributed by atoms with Gasteiger partial charge in [0, 0.05) is 23.2 Å². The molecule has 0 fully saturated rings. The van der Waals surface area contributed by atoms with E-state index in [1.165, 1.54) is 28.0 Å². The van der Waals surface area contributed by atoms with E-state index < -0.39 is 0 Å². The number of aromatic nitrogens is 1. The van der Waals surface area contributed by atoms with E-state index in [9.17, 15) is 0 Å². The first-order valence-corrected chi connectivity index (χ1v) is 6.23. The monoisotopic (exact) mass is 246 g/mol. The Morgan fingerprint density at radius 3 is 1.89 bits per heavy atom. The van der Waals surface area contributed by atoms with Crippen LogP contribution in [-0.2, 0) is 0 Å². The fourth-order valence-electron chi connectivity index (χ4n) is 2.37. The summed E-state index contributed by atoms with van der Waals surface area (Å²) in [5.41, 5.74) is 2.39. The minimum atomic E-state index is 1.20. The van der Waals surface area contributed by atoms with Gasteiger partial charge in [-0.25, -0.2) is 0 Å². The summed E-state index contributed by atoms with van der Waals surface area (Å²) in [6.45, 7) is 0. The molecule has 1 heterocycles. The highest BCUT2D eigenvalue weighted by atomic mass is 14.9. The van der Waals surface area contributed by atoms with E-state index in [1.54, 1.807) is 6.08 Å². The molecule has 92 valence electrons. The topological polar surface area (TPSA) is 28.8 Å². The van der Waals surface area contributed by atoms with Crippen molar-refractivity contribution >= 4 is 34.2 Å². The number of rotatable bonds is 3. The van der Waals surface area contributed by atoms with Gasteiger partial charge in [-0.1, -0.05) is 42.5 Å². The van der Waals surface area contributed by atoms with Gasteiger partial charge in [0.2, 0.25) is 0 Å². The normalized spacial score (nSPS) is 12.0. The van der Waals surface area contributed by atoms with Crippen molar-refractivity contribution in [3.63, 3.8) is 0 Å². The third-order valence-electron chi connectivity index (χ3n) is 3.17. The molecule has 2 nitrogen and oxygen atoms in total. The van der Waals surface area contributed by atoms with Crippen molar-refractivity contribution in [2.45, 2.75) is 0 Å². The van der Waals surface area contributed by atoms with E-state index >= 15 is 0 Å². The Morgan fingerprint density at radius 1 is 0.737 bits per heavy atom. The molecule has 0 aliphatic rings. The third-order valence-corrected chi connectivity index (χ3v) is 3.17. The Bertz CT molecular complexity index is 738. The highest BCUT2D eigenvalue weighted by Crippen LogP contribution is 2.28. The van der Waals surface area contributed by atoms with Gasteiger partial charge in [-0.15, -0.1) is 0 Å². The number of benzene rings is 2. The summed E-state index contributed by atoms with van der Waals surface area (Å²) in [6, 6.07) is 16.8. The van der Waals surface area contributed by atoms with Crippen LogP contribution in [0.1, 0.15) is 0 Å². The van der Waals surface area contributed by atoms with Crippen molar-refractivity contribution in [2.75, 3.05) is 0 Å². The zero-order valence-corrected chi connectivity index (χ0v) is 10.5. The van der Waals surface area contributed by atoms with Crippen LogP contribution in [0.3, 0.4) is 0 Å². The lowest BCUT2D eigenvalue weighted by Crippen LogP contribution is -1.84. The summed E-state index contributed by atoms with van der Waals surface area (Å²) in [5, 5.41) is 9.49. The quantitative estimate of drug-likeness (QED) is 0.522. The lowest BCUT2D eigenvalue weighted by molar-refractivity contribution is 1.29. The van der Waals surface area contributed by atoms with Gasteiger partial charge >= 0.3 is 0 Å². The van der Waals surface area contributed by atoms with E-state index in [1.807, 2.05) is 18.4 Å². The number of allylic oxidation sites excluding steroid dienone is 3. The highest BCUT2D eigenvalue weighted by molar-refractivity contribution is 6.09. The average molecular weight is 246 g/mol. The summed E-state index contributed by atoms with van der Waals surface area (Å²) in [7, 11) is 0. The molecular formula is C17H14N2. The molecule has 3 rings (SSSR count). The number of hydrogen-bond donors (Lipinski definition) is 1. The van der Waals surface area contributed by atoms with E-state index in [-0.39, 0.29) is 0 Å². The Hall–Kier alpha value is -2.61. The maximum atomic E-state index is 6.97. The minimum Gasteiger partial charge on any atom is -0.316 e. The van der Waals surface area contributed by atoms with E-state index in [2.05, 4.69) is 53.1 Å². The zero-order chi connectivity index (χ0) is 13.1. The lowest BCUT2D eigenvalue weighted by Gasteiger charge is -1.98. The van der Waals surface area contributed by atoms with Gasteiger partial charge in [0.25, 0.3) is 0 Å². The molecule has 3 aromatic rings. The predicted octanol–water partition coefficient (Wildman–Crippen LogP) is 4.47. The van der Waals surface area contributed by atoms with E-state index in [0.29, 0.717) is 0 Å². The Balaban J connectivity index is 2.27. The first kappa shape index (κ1) is 11.5. The number of nitrogens with one attached hydrogen (secondary N) is 1. The van der Waals surface area contributed by atoms with Crippen molar-refractivity contribution in [1.29, 1.82) is 5.41 Å².